The Morgan fingerprint density at radius 3 is 2.33 bits per heavy atom. The summed E-state index contributed by atoms with van der Waals surface area (Å²) in [5.74, 6) is -1.56. The number of amides is 4. The van der Waals surface area contributed by atoms with E-state index in [0.29, 0.717) is 21.9 Å². The second-order valence-electron chi connectivity index (χ2n) is 13.3. The lowest BCUT2D eigenvalue weighted by Gasteiger charge is -2.28. The van der Waals surface area contributed by atoms with Gasteiger partial charge >= 0.3 is 12.0 Å². The predicted octanol–water partition coefficient (Wildman–Crippen LogP) is 6.20. The Labute approximate surface area is 267 Å². The summed E-state index contributed by atoms with van der Waals surface area (Å²) < 4.78 is 5.43. The molecule has 1 unspecified atom stereocenters. The summed E-state index contributed by atoms with van der Waals surface area (Å²) in [4.78, 5) is 70.4. The second kappa shape index (κ2) is 13.2. The van der Waals surface area contributed by atoms with Gasteiger partial charge in [0.25, 0.3) is 5.91 Å². The average Bonchev–Trinajstić information content (AvgIpc) is 3.44. The third-order valence-electron chi connectivity index (χ3n) is 6.78. The van der Waals surface area contributed by atoms with Crippen LogP contribution in [-0.2, 0) is 14.3 Å². The molecule has 3 aromatic rings. The first-order valence-corrected chi connectivity index (χ1v) is 15.6. The number of hydrogen-bond donors (Lipinski definition) is 2. The summed E-state index contributed by atoms with van der Waals surface area (Å²) >= 11 is 1.28. The number of esters is 1. The van der Waals surface area contributed by atoms with Gasteiger partial charge in [0.1, 0.15) is 11.6 Å². The van der Waals surface area contributed by atoms with Gasteiger partial charge in [-0.05, 0) is 80.5 Å². The van der Waals surface area contributed by atoms with Gasteiger partial charge in [-0.2, -0.15) is 0 Å². The SMILES string of the molecule is Cc1ccc2c(c1)N(CC(=O)c1cccs1)C(=O)C(NC(=O)Nc1cccc(C(=O)OC(C)(C)C)c1)CN2C(=O)CC(C)(C)C. The quantitative estimate of drug-likeness (QED) is 0.236. The fraction of sp³-hybridized carbons (Fsp3) is 0.382. The largest absolute Gasteiger partial charge is 0.456 e. The van der Waals surface area contributed by atoms with E-state index in [1.165, 1.54) is 27.2 Å². The van der Waals surface area contributed by atoms with Crippen LogP contribution in [0.1, 0.15) is 73.6 Å². The van der Waals surface area contributed by atoms with Crippen molar-refractivity contribution in [2.75, 3.05) is 28.2 Å². The van der Waals surface area contributed by atoms with Gasteiger partial charge in [0.2, 0.25) is 5.91 Å². The molecule has 11 heteroatoms. The van der Waals surface area contributed by atoms with Crippen molar-refractivity contribution in [2.45, 2.75) is 66.5 Å². The molecule has 2 heterocycles. The topological polar surface area (TPSA) is 125 Å². The molecule has 1 aliphatic rings. The van der Waals surface area contributed by atoms with Crippen molar-refractivity contribution in [3.8, 4) is 0 Å². The molecule has 0 bridgehead atoms. The molecule has 238 valence electrons. The Bertz CT molecular complexity index is 1600. The number of hydrogen-bond acceptors (Lipinski definition) is 7. The molecule has 0 saturated heterocycles. The third kappa shape index (κ3) is 8.78. The van der Waals surface area contributed by atoms with E-state index in [2.05, 4.69) is 10.6 Å². The van der Waals surface area contributed by atoms with Crippen molar-refractivity contribution in [3.63, 3.8) is 0 Å². The fourth-order valence-corrected chi connectivity index (χ4v) is 5.50. The smallest absolute Gasteiger partial charge is 0.338 e. The first-order valence-electron chi connectivity index (χ1n) is 14.7. The van der Waals surface area contributed by atoms with Gasteiger partial charge in [-0.25, -0.2) is 9.59 Å². The maximum Gasteiger partial charge on any atom is 0.338 e. The monoisotopic (exact) mass is 632 g/mol. The molecule has 0 aliphatic carbocycles. The van der Waals surface area contributed by atoms with Crippen molar-refractivity contribution < 1.29 is 28.7 Å². The van der Waals surface area contributed by atoms with Gasteiger partial charge in [-0.3, -0.25) is 14.4 Å². The molecule has 10 nitrogen and oxygen atoms in total. The van der Waals surface area contributed by atoms with E-state index >= 15 is 0 Å². The predicted molar refractivity (Wildman–Crippen MR) is 176 cm³/mol. The minimum atomic E-state index is -1.19. The minimum absolute atomic E-state index is 0.140. The van der Waals surface area contributed by atoms with Crippen LogP contribution in [0.2, 0.25) is 0 Å². The summed E-state index contributed by atoms with van der Waals surface area (Å²) in [6.45, 7) is 12.6. The molecule has 1 atom stereocenters. The number of rotatable bonds is 7. The molecule has 4 amide bonds. The summed E-state index contributed by atoms with van der Waals surface area (Å²) in [7, 11) is 0. The lowest BCUT2D eigenvalue weighted by molar-refractivity contribution is -0.121. The summed E-state index contributed by atoms with van der Waals surface area (Å²) in [5.41, 5.74) is 1.26. The molecule has 0 saturated carbocycles. The Morgan fingerprint density at radius 1 is 0.956 bits per heavy atom. The van der Waals surface area contributed by atoms with Gasteiger partial charge in [-0.15, -0.1) is 11.3 Å². The van der Waals surface area contributed by atoms with E-state index in [9.17, 15) is 24.0 Å². The number of benzene rings is 2. The zero-order valence-electron chi connectivity index (χ0n) is 26.7. The van der Waals surface area contributed by atoms with Gasteiger partial charge < -0.3 is 25.2 Å². The molecular formula is C34H40N4O6S. The number of thiophene rings is 1. The van der Waals surface area contributed by atoms with Gasteiger partial charge in [-0.1, -0.05) is 39.0 Å². The molecule has 1 aliphatic heterocycles. The zero-order valence-corrected chi connectivity index (χ0v) is 27.5. The molecule has 0 spiro atoms. The van der Waals surface area contributed by atoms with Crippen LogP contribution in [0.5, 0.6) is 0 Å². The van der Waals surface area contributed by atoms with E-state index < -0.39 is 29.6 Å². The van der Waals surface area contributed by atoms with Crippen molar-refractivity contribution in [2.24, 2.45) is 5.41 Å². The number of urea groups is 1. The van der Waals surface area contributed by atoms with Gasteiger partial charge in [0.15, 0.2) is 5.78 Å². The van der Waals surface area contributed by atoms with E-state index in [0.717, 1.165) is 5.56 Å². The first-order chi connectivity index (χ1) is 21.0. The number of ketones is 1. The Morgan fingerprint density at radius 2 is 1.69 bits per heavy atom. The van der Waals surface area contributed by atoms with Crippen LogP contribution in [0.25, 0.3) is 0 Å². The Hall–Kier alpha value is -4.51. The molecule has 1 aromatic heterocycles. The number of ether oxygens (including phenoxy) is 1. The normalized spacial score (nSPS) is 15.2. The highest BCUT2D eigenvalue weighted by Crippen LogP contribution is 2.36. The van der Waals surface area contributed by atoms with Crippen LogP contribution in [-0.4, -0.2) is 54.3 Å². The van der Waals surface area contributed by atoms with E-state index in [1.54, 1.807) is 68.6 Å². The van der Waals surface area contributed by atoms with Gasteiger partial charge in [0.05, 0.1) is 34.9 Å². The van der Waals surface area contributed by atoms with Crippen LogP contribution in [0.3, 0.4) is 0 Å². The molecule has 4 rings (SSSR count). The van der Waals surface area contributed by atoms with Crippen molar-refractivity contribution in [1.82, 2.24) is 5.32 Å². The molecule has 0 fully saturated rings. The van der Waals surface area contributed by atoms with Crippen molar-refractivity contribution >= 4 is 58.0 Å². The van der Waals surface area contributed by atoms with Crippen molar-refractivity contribution in [3.05, 3.63) is 76.0 Å². The van der Waals surface area contributed by atoms with Crippen LogP contribution in [0.4, 0.5) is 21.9 Å². The second-order valence-corrected chi connectivity index (χ2v) is 14.2. The molecular weight excluding hydrogens is 592 g/mol. The highest BCUT2D eigenvalue weighted by molar-refractivity contribution is 7.12. The van der Waals surface area contributed by atoms with E-state index in [1.807, 2.05) is 33.8 Å². The highest BCUT2D eigenvalue weighted by atomic mass is 32.1. The minimum Gasteiger partial charge on any atom is -0.456 e. The molecule has 2 aromatic carbocycles. The van der Waals surface area contributed by atoms with Crippen LogP contribution < -0.4 is 20.4 Å². The lowest BCUT2D eigenvalue weighted by atomic mass is 9.91. The number of anilines is 3. The number of nitrogens with zero attached hydrogens (tertiary/aromatic N) is 2. The highest BCUT2D eigenvalue weighted by Gasteiger charge is 2.38. The summed E-state index contributed by atoms with van der Waals surface area (Å²) in [5, 5.41) is 7.19. The lowest BCUT2D eigenvalue weighted by Crippen LogP contribution is -2.54. The van der Waals surface area contributed by atoms with E-state index in [-0.39, 0.29) is 42.2 Å². The van der Waals surface area contributed by atoms with Crippen molar-refractivity contribution in [1.29, 1.82) is 0 Å². The number of carbonyl (C=O) groups is 5. The van der Waals surface area contributed by atoms with Crippen LogP contribution in [0.15, 0.2) is 60.0 Å². The summed E-state index contributed by atoms with van der Waals surface area (Å²) in [6, 6.07) is 13.2. The Balaban J connectivity index is 1.66. The van der Waals surface area contributed by atoms with Crippen LogP contribution >= 0.6 is 11.3 Å². The molecule has 45 heavy (non-hydrogen) atoms. The molecule has 0 radical (unpaired) electrons. The third-order valence-corrected chi connectivity index (χ3v) is 7.69. The number of nitrogens with one attached hydrogen (secondary N) is 2. The standard InChI is InChI=1S/C34H40N4O6S/c1-21-13-14-25-26(16-21)38(20-27(39)28-12-9-15-45-28)30(41)24(19-37(25)29(40)18-33(2,3)4)36-32(43)35-23-11-8-10-22(17-23)31(42)44-34(5,6)7/h8-17,24H,18-20H2,1-7H3,(H2,35,36,43). The van der Waals surface area contributed by atoms with Gasteiger partial charge in [0, 0.05) is 12.1 Å². The van der Waals surface area contributed by atoms with E-state index in [4.69, 9.17) is 4.74 Å². The fourth-order valence-electron chi connectivity index (χ4n) is 4.84. The number of fused-ring (bicyclic) bond motifs is 1. The number of Topliss-reactive ketones (excluding diaryl/α,β-unsaturated/α-hetero) is 1. The maximum atomic E-state index is 14.2. The maximum absolute atomic E-state index is 14.2. The Kier molecular flexibility index (Phi) is 9.82. The number of carbonyl (C=O) groups excluding carboxylic acids is 5. The number of aryl methyl sites for hydroxylation is 1. The first kappa shape index (κ1) is 33.4. The molecule has 2 N–H and O–H groups in total. The summed E-state index contributed by atoms with van der Waals surface area (Å²) in [6.07, 6.45) is 0.193. The van der Waals surface area contributed by atoms with Crippen LogP contribution in [0, 0.1) is 12.3 Å². The average molecular weight is 633 g/mol. The zero-order chi connectivity index (χ0) is 33.1.